The van der Waals surface area contributed by atoms with E-state index in [9.17, 15) is 14.4 Å². The molecule has 0 atom stereocenters. The zero-order valence-corrected chi connectivity index (χ0v) is 9.59. The molecule has 1 fully saturated rings. The predicted molar refractivity (Wildman–Crippen MR) is 59.5 cm³/mol. The summed E-state index contributed by atoms with van der Waals surface area (Å²) in [4.78, 5) is 35.6. The Morgan fingerprint density at radius 3 is 2.41 bits per heavy atom. The molecule has 0 aliphatic carbocycles. The molecule has 1 saturated heterocycles. The Balaban J connectivity index is 2.16. The average molecular weight is 243 g/mol. The molecule has 0 saturated carbocycles. The van der Waals surface area contributed by atoms with Crippen molar-refractivity contribution in [2.24, 2.45) is 0 Å². The number of urea groups is 1. The second kappa shape index (κ2) is 6.72. The highest BCUT2D eigenvalue weighted by Gasteiger charge is 2.19. The molecule has 0 aromatic carbocycles. The third-order valence-corrected chi connectivity index (χ3v) is 2.59. The van der Waals surface area contributed by atoms with Crippen molar-refractivity contribution in [3.63, 3.8) is 0 Å². The van der Waals surface area contributed by atoms with Crippen molar-refractivity contribution in [3.8, 4) is 0 Å². The third kappa shape index (κ3) is 4.71. The second-order valence-electron chi connectivity index (χ2n) is 3.86. The SMILES string of the molecule is O=CN1CCN(C(=O)NCCCC(=O)O)CC1. The summed E-state index contributed by atoms with van der Waals surface area (Å²) in [5.41, 5.74) is 0. The normalized spacial score (nSPS) is 15.5. The van der Waals surface area contributed by atoms with Crippen LogP contribution in [-0.2, 0) is 9.59 Å². The average Bonchev–Trinajstić information content (AvgIpc) is 2.34. The van der Waals surface area contributed by atoms with Crippen molar-refractivity contribution in [3.05, 3.63) is 0 Å². The van der Waals surface area contributed by atoms with Gasteiger partial charge in [-0.25, -0.2) is 4.79 Å². The Kier molecular flexibility index (Phi) is 5.25. The van der Waals surface area contributed by atoms with Crippen LogP contribution in [-0.4, -0.2) is 66.0 Å². The number of carboxylic acid groups (broad SMARTS) is 1. The minimum Gasteiger partial charge on any atom is -0.481 e. The van der Waals surface area contributed by atoms with E-state index >= 15 is 0 Å². The van der Waals surface area contributed by atoms with Crippen LogP contribution in [0.2, 0.25) is 0 Å². The predicted octanol–water partition coefficient (Wildman–Crippen LogP) is -0.665. The number of amides is 3. The molecule has 0 spiro atoms. The maximum Gasteiger partial charge on any atom is 0.317 e. The first kappa shape index (κ1) is 13.3. The molecule has 0 aromatic rings. The van der Waals surface area contributed by atoms with Crippen LogP contribution in [0.25, 0.3) is 0 Å². The van der Waals surface area contributed by atoms with Gasteiger partial charge in [0.15, 0.2) is 0 Å². The van der Waals surface area contributed by atoms with E-state index in [1.807, 2.05) is 0 Å². The fraction of sp³-hybridized carbons (Fsp3) is 0.700. The number of nitrogens with one attached hydrogen (secondary N) is 1. The summed E-state index contributed by atoms with van der Waals surface area (Å²) in [5, 5.41) is 11.1. The number of aliphatic carboxylic acids is 1. The van der Waals surface area contributed by atoms with Gasteiger partial charge in [-0.1, -0.05) is 0 Å². The standard InChI is InChI=1S/C10H17N3O4/c14-8-12-4-6-13(7-5-12)10(17)11-3-1-2-9(15)16/h8H,1-7H2,(H,11,17)(H,15,16). The number of carbonyl (C=O) groups is 3. The number of hydrogen-bond donors (Lipinski definition) is 2. The van der Waals surface area contributed by atoms with Gasteiger partial charge in [0.2, 0.25) is 6.41 Å². The number of piperazine rings is 1. The van der Waals surface area contributed by atoms with E-state index < -0.39 is 5.97 Å². The van der Waals surface area contributed by atoms with Crippen molar-refractivity contribution >= 4 is 18.4 Å². The molecule has 3 amide bonds. The Morgan fingerprint density at radius 1 is 1.24 bits per heavy atom. The van der Waals surface area contributed by atoms with Crippen molar-refractivity contribution in [1.29, 1.82) is 0 Å². The van der Waals surface area contributed by atoms with Crippen molar-refractivity contribution in [1.82, 2.24) is 15.1 Å². The lowest BCUT2D eigenvalue weighted by Crippen LogP contribution is -2.51. The maximum atomic E-state index is 11.6. The smallest absolute Gasteiger partial charge is 0.317 e. The molecular weight excluding hydrogens is 226 g/mol. The molecule has 7 nitrogen and oxygen atoms in total. The van der Waals surface area contributed by atoms with Crippen LogP contribution in [0.1, 0.15) is 12.8 Å². The van der Waals surface area contributed by atoms with Gasteiger partial charge >= 0.3 is 12.0 Å². The molecule has 1 rings (SSSR count). The highest BCUT2D eigenvalue weighted by Crippen LogP contribution is 1.99. The molecule has 96 valence electrons. The van der Waals surface area contributed by atoms with Gasteiger partial charge < -0.3 is 20.2 Å². The van der Waals surface area contributed by atoms with Gasteiger partial charge in [-0.15, -0.1) is 0 Å². The van der Waals surface area contributed by atoms with Crippen LogP contribution < -0.4 is 5.32 Å². The van der Waals surface area contributed by atoms with E-state index in [1.165, 1.54) is 0 Å². The van der Waals surface area contributed by atoms with Crippen LogP contribution >= 0.6 is 0 Å². The Labute approximate surface area is 99.4 Å². The van der Waals surface area contributed by atoms with Gasteiger partial charge in [-0.05, 0) is 6.42 Å². The number of nitrogens with zero attached hydrogens (tertiary/aromatic N) is 2. The van der Waals surface area contributed by atoms with Crippen molar-refractivity contribution in [2.75, 3.05) is 32.7 Å². The van der Waals surface area contributed by atoms with Crippen molar-refractivity contribution in [2.45, 2.75) is 12.8 Å². The summed E-state index contributed by atoms with van der Waals surface area (Å²) >= 11 is 0. The first-order valence-electron chi connectivity index (χ1n) is 5.57. The van der Waals surface area contributed by atoms with Gasteiger partial charge in [0.25, 0.3) is 0 Å². The lowest BCUT2D eigenvalue weighted by atomic mass is 10.3. The molecule has 7 heteroatoms. The number of rotatable bonds is 5. The lowest BCUT2D eigenvalue weighted by molar-refractivity contribution is -0.137. The monoisotopic (exact) mass is 243 g/mol. The summed E-state index contributed by atoms with van der Waals surface area (Å²) in [6.07, 6.45) is 1.26. The Morgan fingerprint density at radius 2 is 1.88 bits per heavy atom. The molecule has 0 aromatic heterocycles. The van der Waals surface area contributed by atoms with Gasteiger partial charge in [-0.2, -0.15) is 0 Å². The number of carbonyl (C=O) groups excluding carboxylic acids is 2. The summed E-state index contributed by atoms with van der Waals surface area (Å²) in [5.74, 6) is -0.862. The first-order chi connectivity index (χ1) is 8.13. The van der Waals surface area contributed by atoms with Gasteiger partial charge in [0.1, 0.15) is 0 Å². The molecule has 0 unspecified atom stereocenters. The van der Waals surface area contributed by atoms with E-state index in [-0.39, 0.29) is 12.5 Å². The van der Waals surface area contributed by atoms with Gasteiger partial charge in [0.05, 0.1) is 0 Å². The van der Waals surface area contributed by atoms with E-state index in [2.05, 4.69) is 5.32 Å². The number of hydrogen-bond acceptors (Lipinski definition) is 3. The van der Waals surface area contributed by atoms with E-state index in [0.29, 0.717) is 39.1 Å². The first-order valence-corrected chi connectivity index (χ1v) is 5.57. The van der Waals surface area contributed by atoms with Crippen LogP contribution in [0, 0.1) is 0 Å². The molecule has 2 N–H and O–H groups in total. The van der Waals surface area contributed by atoms with Gasteiger partial charge in [0, 0.05) is 39.1 Å². The molecule has 0 radical (unpaired) electrons. The summed E-state index contributed by atoms with van der Waals surface area (Å²) in [7, 11) is 0. The van der Waals surface area contributed by atoms with Gasteiger partial charge in [-0.3, -0.25) is 9.59 Å². The Hall–Kier alpha value is -1.79. The van der Waals surface area contributed by atoms with Crippen LogP contribution in [0.4, 0.5) is 4.79 Å². The fourth-order valence-electron chi connectivity index (χ4n) is 1.58. The third-order valence-electron chi connectivity index (χ3n) is 2.59. The highest BCUT2D eigenvalue weighted by molar-refractivity contribution is 5.74. The van der Waals surface area contributed by atoms with E-state index in [1.54, 1.807) is 9.80 Å². The molecular formula is C10H17N3O4. The van der Waals surface area contributed by atoms with Crippen LogP contribution in [0.15, 0.2) is 0 Å². The quantitative estimate of drug-likeness (QED) is 0.495. The summed E-state index contributed by atoms with van der Waals surface area (Å²) in [6, 6.07) is -0.194. The van der Waals surface area contributed by atoms with Crippen molar-refractivity contribution < 1.29 is 19.5 Å². The Bertz CT molecular complexity index is 287. The molecule has 1 aliphatic rings. The molecule has 1 aliphatic heterocycles. The minimum atomic E-state index is -0.862. The molecule has 1 heterocycles. The highest BCUT2D eigenvalue weighted by atomic mass is 16.4. The summed E-state index contributed by atoms with van der Waals surface area (Å²) in [6.45, 7) is 2.49. The lowest BCUT2D eigenvalue weighted by Gasteiger charge is -2.32. The topological polar surface area (TPSA) is 90.0 Å². The second-order valence-corrected chi connectivity index (χ2v) is 3.86. The molecule has 0 bridgehead atoms. The fourth-order valence-corrected chi connectivity index (χ4v) is 1.58. The maximum absolute atomic E-state index is 11.6. The van der Waals surface area contributed by atoms with E-state index in [0.717, 1.165) is 6.41 Å². The zero-order valence-electron chi connectivity index (χ0n) is 9.59. The van der Waals surface area contributed by atoms with Crippen LogP contribution in [0.5, 0.6) is 0 Å². The zero-order chi connectivity index (χ0) is 12.7. The van der Waals surface area contributed by atoms with Crippen LogP contribution in [0.3, 0.4) is 0 Å². The minimum absolute atomic E-state index is 0.0548. The number of carboxylic acids is 1. The summed E-state index contributed by atoms with van der Waals surface area (Å²) < 4.78 is 0. The van der Waals surface area contributed by atoms with E-state index in [4.69, 9.17) is 5.11 Å². The largest absolute Gasteiger partial charge is 0.481 e. The molecule has 17 heavy (non-hydrogen) atoms.